The van der Waals surface area contributed by atoms with Gasteiger partial charge in [0.25, 0.3) is 11.8 Å². The Morgan fingerprint density at radius 3 is 2.82 bits per heavy atom. The predicted octanol–water partition coefficient (Wildman–Crippen LogP) is -0.542. The van der Waals surface area contributed by atoms with E-state index in [9.17, 15) is 28.8 Å². The summed E-state index contributed by atoms with van der Waals surface area (Å²) in [6.07, 6.45) is 0. The summed E-state index contributed by atoms with van der Waals surface area (Å²) in [5.41, 5.74) is 0.270. The van der Waals surface area contributed by atoms with Crippen LogP contribution in [0.3, 0.4) is 0 Å². The summed E-state index contributed by atoms with van der Waals surface area (Å²) in [6.45, 7) is -0.444. The van der Waals surface area contributed by atoms with E-state index in [1.165, 1.54) is 23.1 Å². The van der Waals surface area contributed by atoms with E-state index in [-0.39, 0.29) is 28.1 Å². The van der Waals surface area contributed by atoms with Crippen molar-refractivity contribution in [3.63, 3.8) is 0 Å². The standard InChI is InChI=1S/C17H16N6O7S4/c24-9(7-34(30)11-2-1-3-31-11)18-12-14(27)23-13(16(28)29)8(5-32-15(12)23)6-33-17-19-20-21-22(17)4-10(25)26/h1-3,12,15H,4-7H2,(H,18,24)(H,25,26)(H,28,29)/t12?,15-,34?/m0/s1. The number of aliphatic carboxylic acids is 2. The van der Waals surface area contributed by atoms with Gasteiger partial charge in [-0.1, -0.05) is 23.1 Å². The third-order valence-electron chi connectivity index (χ3n) is 4.71. The van der Waals surface area contributed by atoms with Crippen molar-refractivity contribution < 1.29 is 33.9 Å². The maximum atomic E-state index is 12.7. The lowest BCUT2D eigenvalue weighted by atomic mass is 10.0. The Balaban J connectivity index is 1.41. The molecule has 0 bridgehead atoms. The molecule has 0 aromatic carbocycles. The molecule has 2 aromatic rings. The summed E-state index contributed by atoms with van der Waals surface area (Å²) in [5, 5.41) is 33.4. The minimum Gasteiger partial charge on any atom is -0.610 e. The van der Waals surface area contributed by atoms with Gasteiger partial charge in [0.1, 0.15) is 23.7 Å². The van der Waals surface area contributed by atoms with Crippen molar-refractivity contribution in [2.75, 3.05) is 17.3 Å². The summed E-state index contributed by atoms with van der Waals surface area (Å²) in [4.78, 5) is 49.1. The molecule has 1 fully saturated rings. The molecule has 17 heteroatoms. The van der Waals surface area contributed by atoms with Gasteiger partial charge in [0.05, 0.1) is 0 Å². The summed E-state index contributed by atoms with van der Waals surface area (Å²) in [6, 6.07) is 2.47. The number of thioether (sulfide) groups is 2. The van der Waals surface area contributed by atoms with Crippen LogP contribution in [0.1, 0.15) is 0 Å². The molecule has 4 heterocycles. The lowest BCUT2D eigenvalue weighted by Crippen LogP contribution is -2.70. The monoisotopic (exact) mass is 544 g/mol. The van der Waals surface area contributed by atoms with Crippen molar-refractivity contribution in [1.82, 2.24) is 30.4 Å². The van der Waals surface area contributed by atoms with E-state index in [4.69, 9.17) is 5.11 Å². The fraction of sp³-hybridized carbons (Fsp3) is 0.353. The van der Waals surface area contributed by atoms with Crippen molar-refractivity contribution in [2.45, 2.75) is 27.3 Å². The Bertz CT molecular complexity index is 1150. The molecule has 1 saturated heterocycles. The van der Waals surface area contributed by atoms with Crippen LogP contribution in [0.2, 0.25) is 0 Å². The summed E-state index contributed by atoms with van der Waals surface area (Å²) in [5.74, 6) is -3.44. The number of amides is 2. The first kappa shape index (κ1) is 24.5. The van der Waals surface area contributed by atoms with Crippen LogP contribution < -0.4 is 5.32 Å². The molecule has 180 valence electrons. The molecule has 2 aliphatic rings. The smallest absolute Gasteiger partial charge is 0.352 e. The van der Waals surface area contributed by atoms with E-state index < -0.39 is 52.9 Å². The molecule has 3 atom stereocenters. The van der Waals surface area contributed by atoms with E-state index >= 15 is 0 Å². The number of carboxylic acids is 2. The zero-order chi connectivity index (χ0) is 24.4. The molecule has 13 nitrogen and oxygen atoms in total. The van der Waals surface area contributed by atoms with Crippen molar-refractivity contribution in [3.05, 3.63) is 28.8 Å². The van der Waals surface area contributed by atoms with Gasteiger partial charge in [-0.2, -0.15) is 0 Å². The van der Waals surface area contributed by atoms with Crippen LogP contribution in [0.25, 0.3) is 0 Å². The molecular weight excluding hydrogens is 528 g/mol. The Labute approximate surface area is 207 Å². The lowest BCUT2D eigenvalue weighted by molar-refractivity contribution is -0.150. The van der Waals surface area contributed by atoms with Gasteiger partial charge < -0.3 is 20.1 Å². The Morgan fingerprint density at radius 2 is 2.15 bits per heavy atom. The molecule has 2 amide bonds. The molecule has 4 rings (SSSR count). The molecule has 2 aromatic heterocycles. The van der Waals surface area contributed by atoms with Crippen LogP contribution in [0.5, 0.6) is 0 Å². The fourth-order valence-electron chi connectivity index (χ4n) is 3.27. The molecule has 2 unspecified atom stereocenters. The average molecular weight is 545 g/mol. The first-order valence-electron chi connectivity index (χ1n) is 9.48. The zero-order valence-electron chi connectivity index (χ0n) is 17.0. The van der Waals surface area contributed by atoms with Crippen LogP contribution in [0.15, 0.2) is 38.1 Å². The number of hydrogen-bond donors (Lipinski definition) is 3. The molecule has 0 aliphatic carbocycles. The highest BCUT2D eigenvalue weighted by molar-refractivity contribution is 8.01. The van der Waals surface area contributed by atoms with E-state index in [1.54, 1.807) is 17.5 Å². The van der Waals surface area contributed by atoms with Crippen LogP contribution in [0.4, 0.5) is 0 Å². The number of β-lactam (4-membered cyclic amide) rings is 1. The number of aromatic nitrogens is 4. The summed E-state index contributed by atoms with van der Waals surface area (Å²) >= 11 is 2.09. The van der Waals surface area contributed by atoms with Crippen molar-refractivity contribution in [2.24, 2.45) is 0 Å². The number of carboxylic acid groups (broad SMARTS) is 2. The molecule has 3 N–H and O–H groups in total. The topological polar surface area (TPSA) is 191 Å². The number of carbonyl (C=O) groups is 4. The molecule has 34 heavy (non-hydrogen) atoms. The molecule has 0 saturated carbocycles. The van der Waals surface area contributed by atoms with E-state index in [0.717, 1.165) is 21.3 Å². The Morgan fingerprint density at radius 1 is 1.35 bits per heavy atom. The largest absolute Gasteiger partial charge is 0.610 e. The second kappa shape index (κ2) is 10.3. The molecule has 0 radical (unpaired) electrons. The highest BCUT2D eigenvalue weighted by Crippen LogP contribution is 2.41. The Hall–Kier alpha value is -2.60. The number of hydrogen-bond acceptors (Lipinski definition) is 11. The maximum Gasteiger partial charge on any atom is 0.352 e. The number of thiophene rings is 1. The van der Waals surface area contributed by atoms with Gasteiger partial charge >= 0.3 is 11.9 Å². The molecule has 2 aliphatic heterocycles. The Kier molecular flexibility index (Phi) is 7.46. The third kappa shape index (κ3) is 5.07. The van der Waals surface area contributed by atoms with E-state index in [2.05, 4.69) is 20.8 Å². The highest BCUT2D eigenvalue weighted by Gasteiger charge is 2.54. The van der Waals surface area contributed by atoms with E-state index in [0.29, 0.717) is 9.78 Å². The van der Waals surface area contributed by atoms with Crippen molar-refractivity contribution >= 4 is 69.8 Å². The predicted molar refractivity (Wildman–Crippen MR) is 121 cm³/mol. The van der Waals surface area contributed by atoms with Crippen LogP contribution in [0, 0.1) is 0 Å². The summed E-state index contributed by atoms with van der Waals surface area (Å²) in [7, 11) is 0. The van der Waals surface area contributed by atoms with Crippen molar-refractivity contribution in [1.29, 1.82) is 0 Å². The van der Waals surface area contributed by atoms with Crippen LogP contribution in [-0.2, 0) is 36.9 Å². The first-order chi connectivity index (χ1) is 16.3. The molecular formula is C17H16N6O7S4. The van der Waals surface area contributed by atoms with Gasteiger partial charge in [-0.3, -0.25) is 19.3 Å². The van der Waals surface area contributed by atoms with Gasteiger partial charge in [-0.15, -0.1) is 16.9 Å². The van der Waals surface area contributed by atoms with Crippen LogP contribution >= 0.6 is 34.9 Å². The summed E-state index contributed by atoms with van der Waals surface area (Å²) < 4.78 is 13.9. The zero-order valence-corrected chi connectivity index (χ0v) is 20.3. The minimum absolute atomic E-state index is 0.127. The number of nitrogens with one attached hydrogen (secondary N) is 1. The van der Waals surface area contributed by atoms with Crippen molar-refractivity contribution in [3.8, 4) is 0 Å². The van der Waals surface area contributed by atoms with Gasteiger partial charge in [-0.05, 0) is 27.4 Å². The number of fused-ring (bicyclic) bond motifs is 1. The second-order valence-electron chi connectivity index (χ2n) is 6.94. The number of tetrazole rings is 1. The normalized spacial score (nSPS) is 20.5. The quantitative estimate of drug-likeness (QED) is 0.197. The first-order valence-corrected chi connectivity index (χ1v) is 13.7. The van der Waals surface area contributed by atoms with E-state index in [1.807, 2.05) is 0 Å². The number of rotatable bonds is 10. The number of carbonyl (C=O) groups excluding carboxylic acids is 2. The SMILES string of the molecule is O=C(O)Cn1nnnc1SCC1=C(C(=O)O)N2C(=O)C(NC(=O)C[S+]([O-])c3cccs3)[C@@H]2SC1. The van der Waals surface area contributed by atoms with Gasteiger partial charge in [-0.25, -0.2) is 9.48 Å². The third-order valence-corrected chi connectivity index (χ3v) is 9.71. The number of nitrogens with zero attached hydrogens (tertiary/aromatic N) is 5. The van der Waals surface area contributed by atoms with Crippen LogP contribution in [-0.4, -0.2) is 92.3 Å². The fourth-order valence-corrected chi connectivity index (χ4v) is 7.55. The minimum atomic E-state index is -1.53. The van der Waals surface area contributed by atoms with Gasteiger partial charge in [0.15, 0.2) is 5.75 Å². The maximum absolute atomic E-state index is 12.7. The average Bonchev–Trinajstić information content (AvgIpc) is 3.47. The van der Waals surface area contributed by atoms with Gasteiger partial charge in [0.2, 0.25) is 9.37 Å². The molecule has 0 spiro atoms. The second-order valence-corrected chi connectivity index (χ2v) is 11.6. The highest BCUT2D eigenvalue weighted by atomic mass is 32.2. The lowest BCUT2D eigenvalue weighted by Gasteiger charge is -2.49. The van der Waals surface area contributed by atoms with Gasteiger partial charge in [0, 0.05) is 28.7 Å².